The average molecular weight is 228 g/mol. The first-order valence-corrected chi connectivity index (χ1v) is 6.61. The van der Waals surface area contributed by atoms with Gasteiger partial charge in [-0.25, -0.2) is 0 Å². The van der Waals surface area contributed by atoms with Gasteiger partial charge in [0.15, 0.2) is 0 Å². The van der Waals surface area contributed by atoms with Crippen molar-refractivity contribution >= 4 is 0 Å². The molecule has 1 N–H and O–H groups in total. The van der Waals surface area contributed by atoms with Crippen molar-refractivity contribution in [3.8, 4) is 0 Å². The minimum Gasteiger partial charge on any atom is -0.375 e. The fraction of sp³-hybridized carbons (Fsp3) is 1.00. The predicted octanol–water partition coefficient (Wildman–Crippen LogP) is 1.88. The van der Waals surface area contributed by atoms with Gasteiger partial charge in [0.25, 0.3) is 0 Å². The van der Waals surface area contributed by atoms with E-state index in [0.717, 1.165) is 25.7 Å². The van der Waals surface area contributed by atoms with E-state index >= 15 is 0 Å². The highest BCUT2D eigenvalue weighted by Gasteiger charge is 2.21. The van der Waals surface area contributed by atoms with Crippen LogP contribution in [0.25, 0.3) is 0 Å². The molecule has 0 bridgehead atoms. The van der Waals surface area contributed by atoms with Crippen LogP contribution in [0.2, 0.25) is 0 Å². The fourth-order valence-corrected chi connectivity index (χ4v) is 2.18. The molecular weight excluding hydrogens is 200 g/mol. The van der Waals surface area contributed by atoms with Crippen molar-refractivity contribution < 1.29 is 4.74 Å². The van der Waals surface area contributed by atoms with E-state index in [9.17, 15) is 0 Å². The van der Waals surface area contributed by atoms with Gasteiger partial charge in [-0.15, -0.1) is 0 Å². The Morgan fingerprint density at radius 1 is 1.31 bits per heavy atom. The highest BCUT2D eigenvalue weighted by molar-refractivity contribution is 4.80. The van der Waals surface area contributed by atoms with Crippen LogP contribution in [0.15, 0.2) is 0 Å². The molecule has 1 unspecified atom stereocenters. The van der Waals surface area contributed by atoms with Crippen LogP contribution in [0.5, 0.6) is 0 Å². The molecule has 96 valence electrons. The second kappa shape index (κ2) is 6.58. The summed E-state index contributed by atoms with van der Waals surface area (Å²) in [6, 6.07) is 0.725. The Balaban J connectivity index is 2.27. The van der Waals surface area contributed by atoms with Crippen LogP contribution in [0, 0.1) is 0 Å². The maximum atomic E-state index is 5.80. The summed E-state index contributed by atoms with van der Waals surface area (Å²) in [4.78, 5) is 2.58. The smallest absolute Gasteiger partial charge is 0.0600 e. The first-order chi connectivity index (χ1) is 7.53. The van der Waals surface area contributed by atoms with Gasteiger partial charge in [0, 0.05) is 19.1 Å². The van der Waals surface area contributed by atoms with E-state index in [1.807, 2.05) is 0 Å². The van der Waals surface area contributed by atoms with Gasteiger partial charge in [-0.05, 0) is 46.7 Å². The van der Waals surface area contributed by atoms with Crippen molar-refractivity contribution in [2.24, 2.45) is 0 Å². The molecule has 16 heavy (non-hydrogen) atoms. The molecule has 0 aromatic rings. The molecule has 1 aliphatic rings. The van der Waals surface area contributed by atoms with Crippen molar-refractivity contribution in [2.75, 3.05) is 32.8 Å². The molecule has 3 heteroatoms. The maximum Gasteiger partial charge on any atom is 0.0600 e. The van der Waals surface area contributed by atoms with E-state index in [-0.39, 0.29) is 5.60 Å². The average Bonchev–Trinajstić information content (AvgIpc) is 2.67. The zero-order valence-electron chi connectivity index (χ0n) is 11.4. The predicted molar refractivity (Wildman–Crippen MR) is 68.8 cm³/mol. The molecule has 1 heterocycles. The van der Waals surface area contributed by atoms with Gasteiger partial charge >= 0.3 is 0 Å². The molecule has 0 saturated carbocycles. The lowest BCUT2D eigenvalue weighted by atomic mass is 10.2. The first-order valence-electron chi connectivity index (χ1n) is 6.61. The Labute approximate surface area is 101 Å². The lowest BCUT2D eigenvalue weighted by Gasteiger charge is -2.29. The van der Waals surface area contributed by atoms with Crippen LogP contribution in [0.1, 0.15) is 40.5 Å². The molecule has 0 radical (unpaired) electrons. The fourth-order valence-electron chi connectivity index (χ4n) is 2.18. The van der Waals surface area contributed by atoms with Crippen LogP contribution < -0.4 is 5.32 Å². The highest BCUT2D eigenvalue weighted by atomic mass is 16.5. The Bertz CT molecular complexity index is 183. The summed E-state index contributed by atoms with van der Waals surface area (Å²) in [5, 5.41) is 3.44. The summed E-state index contributed by atoms with van der Waals surface area (Å²) in [6.45, 7) is 14.0. The quantitative estimate of drug-likeness (QED) is 0.751. The van der Waals surface area contributed by atoms with E-state index in [0.29, 0.717) is 0 Å². The van der Waals surface area contributed by atoms with Crippen LogP contribution in [-0.4, -0.2) is 49.3 Å². The molecule has 0 amide bonds. The van der Waals surface area contributed by atoms with Crippen LogP contribution in [0.4, 0.5) is 0 Å². The lowest BCUT2D eigenvalue weighted by Crippen LogP contribution is -2.40. The highest BCUT2D eigenvalue weighted by Crippen LogP contribution is 2.11. The SMILES string of the molecule is CCCN(CCOC(C)(C)C)C1CCNC1. The molecule has 1 atom stereocenters. The maximum absolute atomic E-state index is 5.80. The zero-order valence-corrected chi connectivity index (χ0v) is 11.4. The van der Waals surface area contributed by atoms with E-state index in [4.69, 9.17) is 4.74 Å². The Morgan fingerprint density at radius 3 is 2.56 bits per heavy atom. The number of nitrogens with zero attached hydrogens (tertiary/aromatic N) is 1. The Morgan fingerprint density at radius 2 is 2.06 bits per heavy atom. The molecule has 0 aromatic heterocycles. The van der Waals surface area contributed by atoms with Gasteiger partial charge in [0.1, 0.15) is 0 Å². The Kier molecular flexibility index (Phi) is 5.73. The van der Waals surface area contributed by atoms with Crippen molar-refractivity contribution in [3.63, 3.8) is 0 Å². The van der Waals surface area contributed by atoms with Gasteiger partial charge in [0.2, 0.25) is 0 Å². The van der Waals surface area contributed by atoms with Gasteiger partial charge in [0.05, 0.1) is 12.2 Å². The number of hydrogen-bond acceptors (Lipinski definition) is 3. The summed E-state index contributed by atoms with van der Waals surface area (Å²) >= 11 is 0. The van der Waals surface area contributed by atoms with E-state index < -0.39 is 0 Å². The van der Waals surface area contributed by atoms with Crippen molar-refractivity contribution in [1.29, 1.82) is 0 Å². The zero-order chi connectivity index (χ0) is 12.0. The minimum atomic E-state index is -0.00812. The molecule has 0 aromatic carbocycles. The third-order valence-corrected chi connectivity index (χ3v) is 2.98. The largest absolute Gasteiger partial charge is 0.375 e. The summed E-state index contributed by atoms with van der Waals surface area (Å²) in [6.07, 6.45) is 2.52. The second-order valence-corrected chi connectivity index (χ2v) is 5.64. The molecular formula is C13H28N2O. The second-order valence-electron chi connectivity index (χ2n) is 5.64. The van der Waals surface area contributed by atoms with Gasteiger partial charge in [-0.3, -0.25) is 4.90 Å². The molecule has 1 rings (SSSR count). The molecule has 0 spiro atoms. The normalized spacial score (nSPS) is 21.9. The molecule has 1 fully saturated rings. The lowest BCUT2D eigenvalue weighted by molar-refractivity contribution is -0.0168. The molecule has 0 aliphatic carbocycles. The molecule has 1 aliphatic heterocycles. The number of nitrogens with one attached hydrogen (secondary N) is 1. The van der Waals surface area contributed by atoms with Crippen molar-refractivity contribution in [1.82, 2.24) is 10.2 Å². The third-order valence-electron chi connectivity index (χ3n) is 2.98. The monoisotopic (exact) mass is 228 g/mol. The van der Waals surface area contributed by atoms with Crippen molar-refractivity contribution in [2.45, 2.75) is 52.2 Å². The summed E-state index contributed by atoms with van der Waals surface area (Å²) in [5.74, 6) is 0. The van der Waals surface area contributed by atoms with Gasteiger partial charge in [-0.2, -0.15) is 0 Å². The number of hydrogen-bond donors (Lipinski definition) is 1. The topological polar surface area (TPSA) is 24.5 Å². The van der Waals surface area contributed by atoms with Crippen LogP contribution in [-0.2, 0) is 4.74 Å². The first kappa shape index (κ1) is 13.9. The van der Waals surface area contributed by atoms with Gasteiger partial charge in [-0.1, -0.05) is 6.92 Å². The Hall–Kier alpha value is -0.120. The summed E-state index contributed by atoms with van der Waals surface area (Å²) < 4.78 is 5.80. The van der Waals surface area contributed by atoms with E-state index in [1.54, 1.807) is 0 Å². The van der Waals surface area contributed by atoms with E-state index in [2.05, 4.69) is 37.9 Å². The summed E-state index contributed by atoms with van der Waals surface area (Å²) in [5.41, 5.74) is -0.00812. The molecule has 1 saturated heterocycles. The minimum absolute atomic E-state index is 0.00812. The van der Waals surface area contributed by atoms with Gasteiger partial charge < -0.3 is 10.1 Å². The van der Waals surface area contributed by atoms with E-state index in [1.165, 1.54) is 25.9 Å². The summed E-state index contributed by atoms with van der Waals surface area (Å²) in [7, 11) is 0. The third kappa shape index (κ3) is 5.28. The number of rotatable bonds is 6. The van der Waals surface area contributed by atoms with Crippen molar-refractivity contribution in [3.05, 3.63) is 0 Å². The van der Waals surface area contributed by atoms with Crippen LogP contribution in [0.3, 0.4) is 0 Å². The standard InChI is InChI=1S/C13H28N2O/c1-5-8-15(12-6-7-14-11-12)9-10-16-13(2,3)4/h12,14H,5-11H2,1-4H3. The number of ether oxygens (including phenoxy) is 1. The molecule has 3 nitrogen and oxygen atoms in total. The van der Waals surface area contributed by atoms with Crippen LogP contribution >= 0.6 is 0 Å².